The first-order valence-corrected chi connectivity index (χ1v) is 9.84. The zero-order valence-electron chi connectivity index (χ0n) is 14.4. The summed E-state index contributed by atoms with van der Waals surface area (Å²) in [6, 6.07) is 14.9. The van der Waals surface area contributed by atoms with E-state index in [0.717, 1.165) is 53.9 Å². The van der Waals surface area contributed by atoms with Gasteiger partial charge >= 0.3 is 0 Å². The molecule has 0 unspecified atom stereocenters. The SMILES string of the molecule is c1ccc2cc(-c3cnc4sc(NCC5CCOCC5)nn34)ccc2c1. The van der Waals surface area contributed by atoms with Gasteiger partial charge in [-0.25, -0.2) is 9.50 Å². The van der Waals surface area contributed by atoms with E-state index in [0.29, 0.717) is 5.92 Å². The molecule has 2 aromatic heterocycles. The Hall–Kier alpha value is -2.44. The lowest BCUT2D eigenvalue weighted by atomic mass is 10.0. The van der Waals surface area contributed by atoms with Crippen LogP contribution in [0.5, 0.6) is 0 Å². The molecular weight excluding hydrogens is 344 g/mol. The van der Waals surface area contributed by atoms with Crippen molar-refractivity contribution in [2.45, 2.75) is 12.8 Å². The lowest BCUT2D eigenvalue weighted by Crippen LogP contribution is -2.22. The van der Waals surface area contributed by atoms with E-state index in [1.165, 1.54) is 10.8 Å². The van der Waals surface area contributed by atoms with Crippen molar-refractivity contribution in [1.29, 1.82) is 0 Å². The molecule has 1 aliphatic heterocycles. The van der Waals surface area contributed by atoms with Crippen LogP contribution in [0.2, 0.25) is 0 Å². The molecule has 1 saturated heterocycles. The second kappa shape index (κ2) is 6.70. The van der Waals surface area contributed by atoms with Crippen molar-refractivity contribution in [3.63, 3.8) is 0 Å². The Kier molecular flexibility index (Phi) is 4.07. The van der Waals surface area contributed by atoms with Crippen LogP contribution in [0, 0.1) is 5.92 Å². The first-order valence-electron chi connectivity index (χ1n) is 9.02. The Bertz CT molecular complexity index is 1050. The van der Waals surface area contributed by atoms with Gasteiger partial charge in [0.1, 0.15) is 0 Å². The maximum Gasteiger partial charge on any atom is 0.214 e. The molecule has 5 nitrogen and oxygen atoms in total. The third kappa shape index (κ3) is 2.95. The molecule has 1 fully saturated rings. The van der Waals surface area contributed by atoms with E-state index in [1.807, 2.05) is 10.7 Å². The monoisotopic (exact) mass is 364 g/mol. The molecular formula is C20H20N4OS. The minimum atomic E-state index is 0.667. The van der Waals surface area contributed by atoms with Crippen LogP contribution >= 0.6 is 11.3 Å². The van der Waals surface area contributed by atoms with Crippen LogP contribution in [-0.4, -0.2) is 34.4 Å². The molecule has 4 aromatic rings. The second-order valence-electron chi connectivity index (χ2n) is 6.74. The molecule has 5 rings (SSSR count). The zero-order valence-corrected chi connectivity index (χ0v) is 15.2. The molecule has 1 aliphatic rings. The molecule has 0 spiro atoms. The van der Waals surface area contributed by atoms with Crippen LogP contribution in [-0.2, 0) is 4.74 Å². The Balaban J connectivity index is 1.42. The first kappa shape index (κ1) is 15.8. The normalized spacial score (nSPS) is 15.7. The van der Waals surface area contributed by atoms with Crippen LogP contribution in [0.4, 0.5) is 5.13 Å². The van der Waals surface area contributed by atoms with Crippen molar-refractivity contribution in [2.24, 2.45) is 5.92 Å². The summed E-state index contributed by atoms with van der Waals surface area (Å²) in [5.41, 5.74) is 2.17. The van der Waals surface area contributed by atoms with E-state index in [9.17, 15) is 0 Å². The quantitative estimate of drug-likeness (QED) is 0.581. The van der Waals surface area contributed by atoms with Gasteiger partial charge in [-0.05, 0) is 35.6 Å². The molecule has 0 atom stereocenters. The van der Waals surface area contributed by atoms with Crippen LogP contribution < -0.4 is 5.32 Å². The summed E-state index contributed by atoms with van der Waals surface area (Å²) in [5, 5.41) is 11.6. The highest BCUT2D eigenvalue weighted by molar-refractivity contribution is 7.20. The Morgan fingerprint density at radius 1 is 1.12 bits per heavy atom. The second-order valence-corrected chi connectivity index (χ2v) is 7.70. The van der Waals surface area contributed by atoms with Gasteiger partial charge in [0.05, 0.1) is 11.9 Å². The van der Waals surface area contributed by atoms with E-state index < -0.39 is 0 Å². The summed E-state index contributed by atoms with van der Waals surface area (Å²) < 4.78 is 7.37. The predicted molar refractivity (Wildman–Crippen MR) is 106 cm³/mol. The molecule has 0 bridgehead atoms. The van der Waals surface area contributed by atoms with E-state index in [2.05, 4.69) is 52.8 Å². The highest BCUT2D eigenvalue weighted by Crippen LogP contribution is 2.28. The van der Waals surface area contributed by atoms with E-state index in [-0.39, 0.29) is 0 Å². The molecule has 1 N–H and O–H groups in total. The van der Waals surface area contributed by atoms with Crippen molar-refractivity contribution in [2.75, 3.05) is 25.1 Å². The third-order valence-electron chi connectivity index (χ3n) is 5.01. The number of rotatable bonds is 4. The number of nitrogens with zero attached hydrogens (tertiary/aromatic N) is 3. The largest absolute Gasteiger partial charge is 0.381 e. The van der Waals surface area contributed by atoms with Crippen molar-refractivity contribution in [1.82, 2.24) is 14.6 Å². The van der Waals surface area contributed by atoms with Gasteiger partial charge in [-0.1, -0.05) is 47.7 Å². The van der Waals surface area contributed by atoms with Crippen molar-refractivity contribution < 1.29 is 4.74 Å². The number of nitrogens with one attached hydrogen (secondary N) is 1. The molecule has 2 aromatic carbocycles. The van der Waals surface area contributed by atoms with Gasteiger partial charge in [-0.15, -0.1) is 5.10 Å². The molecule has 3 heterocycles. The standard InChI is InChI=1S/C20H20N4OS/c1-2-4-16-11-17(6-5-15(16)3-1)18-13-22-20-24(18)23-19(26-20)21-12-14-7-9-25-10-8-14/h1-6,11,13-14H,7-10,12H2,(H,21,23). The van der Waals surface area contributed by atoms with Crippen molar-refractivity contribution in [3.05, 3.63) is 48.7 Å². The van der Waals surface area contributed by atoms with Crippen LogP contribution in [0.3, 0.4) is 0 Å². The van der Waals surface area contributed by atoms with Crippen molar-refractivity contribution in [3.8, 4) is 11.3 Å². The number of ether oxygens (including phenoxy) is 1. The van der Waals surface area contributed by atoms with Crippen LogP contribution in [0.15, 0.2) is 48.7 Å². The number of hydrogen-bond donors (Lipinski definition) is 1. The Labute approximate surface area is 155 Å². The third-order valence-corrected chi connectivity index (χ3v) is 5.89. The van der Waals surface area contributed by atoms with E-state index >= 15 is 0 Å². The number of fused-ring (bicyclic) bond motifs is 2. The van der Waals surface area contributed by atoms with Gasteiger partial charge in [-0.2, -0.15) is 0 Å². The minimum Gasteiger partial charge on any atom is -0.381 e. The number of aromatic nitrogens is 3. The smallest absolute Gasteiger partial charge is 0.214 e. The summed E-state index contributed by atoms with van der Waals surface area (Å²) in [7, 11) is 0. The maximum absolute atomic E-state index is 5.43. The fourth-order valence-electron chi connectivity index (χ4n) is 3.49. The molecule has 26 heavy (non-hydrogen) atoms. The number of benzene rings is 2. The topological polar surface area (TPSA) is 51.5 Å². The molecule has 6 heteroatoms. The van der Waals surface area contributed by atoms with Crippen molar-refractivity contribution >= 4 is 32.2 Å². The van der Waals surface area contributed by atoms with E-state index in [1.54, 1.807) is 11.3 Å². The summed E-state index contributed by atoms with van der Waals surface area (Å²) in [5.74, 6) is 0.667. The van der Waals surface area contributed by atoms with Gasteiger partial charge in [0.2, 0.25) is 10.1 Å². The summed E-state index contributed by atoms with van der Waals surface area (Å²) in [6.07, 6.45) is 4.15. The molecule has 0 amide bonds. The van der Waals surface area contributed by atoms with E-state index in [4.69, 9.17) is 9.84 Å². The Morgan fingerprint density at radius 2 is 1.96 bits per heavy atom. The lowest BCUT2D eigenvalue weighted by Gasteiger charge is -2.21. The molecule has 0 radical (unpaired) electrons. The average molecular weight is 364 g/mol. The average Bonchev–Trinajstić information content (AvgIpc) is 3.27. The van der Waals surface area contributed by atoms with Gasteiger partial charge in [0, 0.05) is 25.3 Å². The fourth-order valence-corrected chi connectivity index (χ4v) is 4.27. The maximum atomic E-state index is 5.43. The summed E-state index contributed by atoms with van der Waals surface area (Å²) in [4.78, 5) is 5.47. The summed E-state index contributed by atoms with van der Waals surface area (Å²) >= 11 is 1.60. The van der Waals surface area contributed by atoms with Gasteiger partial charge < -0.3 is 10.1 Å². The first-order chi connectivity index (χ1) is 12.9. The molecule has 132 valence electrons. The minimum absolute atomic E-state index is 0.667. The molecule has 0 aliphatic carbocycles. The number of anilines is 1. The Morgan fingerprint density at radius 3 is 2.85 bits per heavy atom. The zero-order chi connectivity index (χ0) is 17.3. The van der Waals surface area contributed by atoms with Gasteiger partial charge in [-0.3, -0.25) is 0 Å². The number of hydrogen-bond acceptors (Lipinski definition) is 5. The highest BCUT2D eigenvalue weighted by Gasteiger charge is 2.16. The van der Waals surface area contributed by atoms with Gasteiger partial charge in [0.15, 0.2) is 0 Å². The summed E-state index contributed by atoms with van der Waals surface area (Å²) in [6.45, 7) is 2.70. The van der Waals surface area contributed by atoms with Gasteiger partial charge in [0.25, 0.3) is 0 Å². The van der Waals surface area contributed by atoms with Crippen LogP contribution in [0.25, 0.3) is 27.0 Å². The predicted octanol–water partition coefficient (Wildman–Crippen LogP) is 4.45. The molecule has 0 saturated carbocycles. The van der Waals surface area contributed by atoms with Crippen LogP contribution in [0.1, 0.15) is 12.8 Å². The lowest BCUT2D eigenvalue weighted by molar-refractivity contribution is 0.0699. The number of imidazole rings is 1. The highest BCUT2D eigenvalue weighted by atomic mass is 32.1. The fraction of sp³-hybridized carbons (Fsp3) is 0.300.